The number of likely N-dealkylation sites (N-methyl/N-ethyl adjacent to an activating group) is 1. The van der Waals surface area contributed by atoms with E-state index < -0.39 is 5.97 Å². The second-order valence-electron chi connectivity index (χ2n) is 4.18. The average molecular weight is 220 g/mol. The van der Waals surface area contributed by atoms with Crippen molar-refractivity contribution in [2.75, 3.05) is 36.5 Å². The molecule has 16 heavy (non-hydrogen) atoms. The number of carboxylic acid groups (broad SMARTS) is 1. The summed E-state index contributed by atoms with van der Waals surface area (Å²) in [6, 6.07) is 6.07. The molecule has 0 aromatic heterocycles. The Labute approximate surface area is 95.1 Å². The van der Waals surface area contributed by atoms with Crippen molar-refractivity contribution in [3.63, 3.8) is 0 Å². The van der Waals surface area contributed by atoms with Gasteiger partial charge in [-0.05, 0) is 18.6 Å². The highest BCUT2D eigenvalue weighted by molar-refractivity contribution is 5.81. The highest BCUT2D eigenvalue weighted by atomic mass is 16.4. The Morgan fingerprint density at radius 2 is 2.19 bits per heavy atom. The molecule has 4 heteroatoms. The van der Waals surface area contributed by atoms with Crippen molar-refractivity contribution < 1.29 is 9.90 Å². The van der Waals surface area contributed by atoms with Gasteiger partial charge in [-0.3, -0.25) is 4.79 Å². The number of para-hydroxylation sites is 1. The van der Waals surface area contributed by atoms with E-state index in [9.17, 15) is 4.79 Å². The van der Waals surface area contributed by atoms with Crippen molar-refractivity contribution in [2.45, 2.75) is 6.92 Å². The Kier molecular flexibility index (Phi) is 2.73. The van der Waals surface area contributed by atoms with Gasteiger partial charge in [-0.2, -0.15) is 0 Å². The summed E-state index contributed by atoms with van der Waals surface area (Å²) in [6.07, 6.45) is 0. The molecule has 0 aliphatic carbocycles. The number of carbonyl (C=O) groups is 1. The predicted molar refractivity (Wildman–Crippen MR) is 64.3 cm³/mol. The average Bonchev–Trinajstić information content (AvgIpc) is 2.22. The van der Waals surface area contributed by atoms with Gasteiger partial charge in [0, 0.05) is 20.1 Å². The normalized spacial score (nSPS) is 14.9. The van der Waals surface area contributed by atoms with E-state index in [1.165, 1.54) is 0 Å². The molecule has 1 aliphatic rings. The quantitative estimate of drug-likeness (QED) is 0.816. The number of carboxylic acids is 1. The summed E-state index contributed by atoms with van der Waals surface area (Å²) in [4.78, 5) is 14.9. The van der Waals surface area contributed by atoms with Gasteiger partial charge in [0.15, 0.2) is 0 Å². The number of nitrogens with zero attached hydrogens (tertiary/aromatic N) is 2. The molecule has 0 radical (unpaired) electrons. The van der Waals surface area contributed by atoms with Gasteiger partial charge in [0.25, 0.3) is 0 Å². The molecule has 0 bridgehead atoms. The van der Waals surface area contributed by atoms with Gasteiger partial charge in [0.05, 0.1) is 11.4 Å². The summed E-state index contributed by atoms with van der Waals surface area (Å²) in [7, 11) is 2.04. The molecule has 0 unspecified atom stereocenters. The first-order valence-electron chi connectivity index (χ1n) is 5.37. The maximum atomic E-state index is 10.8. The predicted octanol–water partition coefficient (Wildman–Crippen LogP) is 1.34. The van der Waals surface area contributed by atoms with Gasteiger partial charge in [0.2, 0.25) is 0 Å². The van der Waals surface area contributed by atoms with Crippen LogP contribution in [0.2, 0.25) is 0 Å². The lowest BCUT2D eigenvalue weighted by atomic mass is 10.1. The van der Waals surface area contributed by atoms with E-state index in [1.54, 1.807) is 0 Å². The van der Waals surface area contributed by atoms with Crippen molar-refractivity contribution in [1.29, 1.82) is 0 Å². The van der Waals surface area contributed by atoms with Gasteiger partial charge in [-0.1, -0.05) is 12.1 Å². The monoisotopic (exact) mass is 220 g/mol. The zero-order chi connectivity index (χ0) is 11.7. The molecule has 2 rings (SSSR count). The van der Waals surface area contributed by atoms with Gasteiger partial charge in [-0.25, -0.2) is 0 Å². The number of aliphatic carboxylic acids is 1. The van der Waals surface area contributed by atoms with E-state index in [4.69, 9.17) is 5.11 Å². The van der Waals surface area contributed by atoms with E-state index in [2.05, 4.69) is 4.90 Å². The molecule has 0 amide bonds. The molecule has 1 aromatic carbocycles. The smallest absolute Gasteiger partial charge is 0.323 e. The van der Waals surface area contributed by atoms with Crippen LogP contribution in [0.1, 0.15) is 5.56 Å². The molecular formula is C12H16N2O2. The number of benzene rings is 1. The molecule has 4 nitrogen and oxygen atoms in total. The lowest BCUT2D eigenvalue weighted by Crippen LogP contribution is -2.42. The van der Waals surface area contributed by atoms with Crippen molar-refractivity contribution in [3.05, 3.63) is 23.8 Å². The summed E-state index contributed by atoms with van der Waals surface area (Å²) in [5, 5.41) is 8.89. The fraction of sp³-hybridized carbons (Fsp3) is 0.417. The zero-order valence-electron chi connectivity index (χ0n) is 9.60. The first-order valence-corrected chi connectivity index (χ1v) is 5.37. The molecule has 1 heterocycles. The maximum Gasteiger partial charge on any atom is 0.323 e. The van der Waals surface area contributed by atoms with Crippen LogP contribution < -0.4 is 9.80 Å². The fourth-order valence-electron chi connectivity index (χ4n) is 2.19. The minimum Gasteiger partial charge on any atom is -0.480 e. The minimum atomic E-state index is -0.779. The van der Waals surface area contributed by atoms with Crippen molar-refractivity contribution >= 4 is 17.3 Å². The second kappa shape index (κ2) is 4.04. The van der Waals surface area contributed by atoms with Gasteiger partial charge < -0.3 is 14.9 Å². The van der Waals surface area contributed by atoms with Crippen LogP contribution in [0.15, 0.2) is 18.2 Å². The Balaban J connectivity index is 2.42. The number of hydrogen-bond donors (Lipinski definition) is 1. The summed E-state index contributed by atoms with van der Waals surface area (Å²) < 4.78 is 0. The standard InChI is InChI=1S/C12H16N2O2/c1-9-4-3-5-10-12(9)14(8-11(15)16)7-6-13(10)2/h3-5H,6-8H2,1-2H3,(H,15,16). The third kappa shape index (κ3) is 1.83. The van der Waals surface area contributed by atoms with E-state index in [-0.39, 0.29) is 6.54 Å². The maximum absolute atomic E-state index is 10.8. The van der Waals surface area contributed by atoms with E-state index in [0.29, 0.717) is 0 Å². The van der Waals surface area contributed by atoms with Crippen LogP contribution in [0, 0.1) is 6.92 Å². The molecule has 86 valence electrons. The molecule has 1 aliphatic heterocycles. The minimum absolute atomic E-state index is 0.0751. The largest absolute Gasteiger partial charge is 0.480 e. The van der Waals surface area contributed by atoms with Crippen LogP contribution in [0.3, 0.4) is 0 Å². The molecular weight excluding hydrogens is 204 g/mol. The van der Waals surface area contributed by atoms with Crippen molar-refractivity contribution in [3.8, 4) is 0 Å². The lowest BCUT2D eigenvalue weighted by Gasteiger charge is -2.37. The first kappa shape index (κ1) is 10.8. The van der Waals surface area contributed by atoms with Crippen LogP contribution in [0.25, 0.3) is 0 Å². The summed E-state index contributed by atoms with van der Waals surface area (Å²) in [5.41, 5.74) is 3.30. The number of hydrogen-bond acceptors (Lipinski definition) is 3. The van der Waals surface area contributed by atoms with E-state index >= 15 is 0 Å². The first-order chi connectivity index (χ1) is 7.59. The van der Waals surface area contributed by atoms with Crippen LogP contribution in [0.5, 0.6) is 0 Å². The topological polar surface area (TPSA) is 43.8 Å². The molecule has 0 fully saturated rings. The Bertz CT molecular complexity index is 417. The Morgan fingerprint density at radius 1 is 1.44 bits per heavy atom. The number of fused-ring (bicyclic) bond motifs is 1. The lowest BCUT2D eigenvalue weighted by molar-refractivity contribution is -0.135. The van der Waals surface area contributed by atoms with Gasteiger partial charge >= 0.3 is 5.97 Å². The van der Waals surface area contributed by atoms with Crippen LogP contribution in [-0.2, 0) is 4.79 Å². The molecule has 0 saturated heterocycles. The molecule has 1 N–H and O–H groups in total. The van der Waals surface area contributed by atoms with Crippen LogP contribution in [-0.4, -0.2) is 37.8 Å². The molecule has 0 atom stereocenters. The molecule has 0 spiro atoms. The summed E-state index contributed by atoms with van der Waals surface area (Å²) in [6.45, 7) is 3.73. The fourth-order valence-corrected chi connectivity index (χ4v) is 2.19. The van der Waals surface area contributed by atoms with Crippen LogP contribution >= 0.6 is 0 Å². The van der Waals surface area contributed by atoms with E-state index in [1.807, 2.05) is 37.1 Å². The Hall–Kier alpha value is -1.71. The van der Waals surface area contributed by atoms with Crippen LogP contribution in [0.4, 0.5) is 11.4 Å². The molecule has 0 saturated carbocycles. The van der Waals surface area contributed by atoms with E-state index in [0.717, 1.165) is 30.0 Å². The van der Waals surface area contributed by atoms with Crippen molar-refractivity contribution in [1.82, 2.24) is 0 Å². The summed E-state index contributed by atoms with van der Waals surface area (Å²) in [5.74, 6) is -0.779. The highest BCUT2D eigenvalue weighted by Gasteiger charge is 2.22. The third-order valence-electron chi connectivity index (χ3n) is 2.98. The SMILES string of the molecule is Cc1cccc2c1N(CC(=O)O)CCN2C. The third-order valence-corrected chi connectivity index (χ3v) is 2.98. The Morgan fingerprint density at radius 3 is 2.88 bits per heavy atom. The van der Waals surface area contributed by atoms with Crippen molar-refractivity contribution in [2.24, 2.45) is 0 Å². The highest BCUT2D eigenvalue weighted by Crippen LogP contribution is 2.34. The van der Waals surface area contributed by atoms with Gasteiger partial charge in [0.1, 0.15) is 6.54 Å². The molecule has 1 aromatic rings. The number of anilines is 2. The second-order valence-corrected chi connectivity index (χ2v) is 4.18. The number of aryl methyl sites for hydroxylation is 1. The zero-order valence-corrected chi connectivity index (χ0v) is 9.60. The number of rotatable bonds is 2. The van der Waals surface area contributed by atoms with Gasteiger partial charge in [-0.15, -0.1) is 0 Å². The summed E-state index contributed by atoms with van der Waals surface area (Å²) >= 11 is 0.